The number of para-hydroxylation sites is 3. The quantitative estimate of drug-likeness (QED) is 0.143. The maximum absolute atomic E-state index is 6.39. The van der Waals surface area contributed by atoms with Gasteiger partial charge < -0.3 is 18.6 Å². The molecule has 11 aromatic carbocycles. The van der Waals surface area contributed by atoms with Crippen LogP contribution in [0.5, 0.6) is 0 Å². The molecule has 0 aliphatic rings. The van der Waals surface area contributed by atoms with Crippen LogP contribution >= 0.6 is 0 Å². The van der Waals surface area contributed by atoms with Gasteiger partial charge in [-0.05, 0) is 141 Å². The lowest BCUT2D eigenvalue weighted by molar-refractivity contribution is 0.668. The first kappa shape index (κ1) is 37.7. The highest BCUT2D eigenvalue weighted by Gasteiger charge is 2.22. The van der Waals surface area contributed by atoms with E-state index in [1.807, 2.05) is 24.3 Å². The van der Waals surface area contributed by atoms with Crippen LogP contribution in [-0.4, -0.2) is 0 Å². The molecule has 0 saturated heterocycles. The first-order valence-electron chi connectivity index (χ1n) is 22.4. The Bertz CT molecular complexity index is 3930. The summed E-state index contributed by atoms with van der Waals surface area (Å²) in [6.07, 6.45) is 0. The number of benzene rings is 11. The van der Waals surface area contributed by atoms with Gasteiger partial charge in [0.25, 0.3) is 0 Å². The molecule has 4 heteroatoms. The average Bonchev–Trinajstić information content (AvgIpc) is 3.94. The molecule has 66 heavy (non-hydrogen) atoms. The molecule has 0 fully saturated rings. The highest BCUT2D eigenvalue weighted by atomic mass is 16.3. The molecular formula is C62H40N2O2. The maximum atomic E-state index is 6.39. The van der Waals surface area contributed by atoms with Gasteiger partial charge in [0.05, 0.1) is 0 Å². The molecule has 0 spiro atoms. The third kappa shape index (κ3) is 6.46. The highest BCUT2D eigenvalue weighted by Crippen LogP contribution is 2.46. The average molecular weight is 845 g/mol. The predicted octanol–water partition coefficient (Wildman–Crippen LogP) is 18.1. The Morgan fingerprint density at radius 3 is 1.33 bits per heavy atom. The topological polar surface area (TPSA) is 32.8 Å². The first-order valence-corrected chi connectivity index (χ1v) is 22.4. The maximum Gasteiger partial charge on any atom is 0.136 e. The second kappa shape index (κ2) is 15.4. The summed E-state index contributed by atoms with van der Waals surface area (Å²) in [5, 5.41) is 9.03. The molecule has 13 rings (SSSR count). The van der Waals surface area contributed by atoms with E-state index in [4.69, 9.17) is 8.83 Å². The van der Waals surface area contributed by atoms with E-state index < -0.39 is 0 Å². The Morgan fingerprint density at radius 1 is 0.212 bits per heavy atom. The van der Waals surface area contributed by atoms with Gasteiger partial charge in [0.15, 0.2) is 0 Å². The minimum atomic E-state index is 0.855. The Morgan fingerprint density at radius 2 is 0.652 bits per heavy atom. The normalized spacial score (nSPS) is 11.6. The summed E-state index contributed by atoms with van der Waals surface area (Å²) in [5.41, 5.74) is 14.3. The van der Waals surface area contributed by atoms with Gasteiger partial charge in [-0.15, -0.1) is 0 Å². The minimum Gasteiger partial charge on any atom is -0.456 e. The number of hydrogen-bond donors (Lipinski definition) is 0. The smallest absolute Gasteiger partial charge is 0.136 e. The number of fused-ring (bicyclic) bond motifs is 9. The predicted molar refractivity (Wildman–Crippen MR) is 276 cm³/mol. The zero-order valence-electron chi connectivity index (χ0n) is 35.8. The fourth-order valence-corrected chi connectivity index (χ4v) is 9.81. The largest absolute Gasteiger partial charge is 0.456 e. The summed E-state index contributed by atoms with van der Waals surface area (Å²) in [6.45, 7) is 0. The number of anilines is 6. The Hall–Kier alpha value is -8.86. The highest BCUT2D eigenvalue weighted by molar-refractivity contribution is 6.17. The summed E-state index contributed by atoms with van der Waals surface area (Å²) in [5.74, 6) is 0. The van der Waals surface area contributed by atoms with Crippen molar-refractivity contribution < 1.29 is 8.83 Å². The van der Waals surface area contributed by atoms with Crippen LogP contribution in [0.15, 0.2) is 251 Å². The lowest BCUT2D eigenvalue weighted by Gasteiger charge is -2.30. The van der Waals surface area contributed by atoms with Crippen molar-refractivity contribution in [3.05, 3.63) is 243 Å². The van der Waals surface area contributed by atoms with E-state index in [0.717, 1.165) is 94.5 Å². The van der Waals surface area contributed by atoms with Crippen LogP contribution in [0.3, 0.4) is 0 Å². The number of rotatable bonds is 8. The molecule has 4 nitrogen and oxygen atoms in total. The molecular weight excluding hydrogens is 805 g/mol. The molecule has 0 saturated carbocycles. The second-order valence-corrected chi connectivity index (χ2v) is 16.9. The van der Waals surface area contributed by atoms with Gasteiger partial charge in [-0.1, -0.05) is 146 Å². The van der Waals surface area contributed by atoms with E-state index in [1.54, 1.807) is 0 Å². The van der Waals surface area contributed by atoms with E-state index in [0.29, 0.717) is 0 Å². The molecule has 0 radical (unpaired) electrons. The summed E-state index contributed by atoms with van der Waals surface area (Å²) >= 11 is 0. The van der Waals surface area contributed by atoms with Gasteiger partial charge in [0.1, 0.15) is 22.3 Å². The Labute approximate surface area is 381 Å². The fourth-order valence-electron chi connectivity index (χ4n) is 9.81. The van der Waals surface area contributed by atoms with Crippen molar-refractivity contribution in [1.29, 1.82) is 0 Å². The molecule has 2 aromatic heterocycles. The molecule has 0 amide bonds. The van der Waals surface area contributed by atoms with Crippen LogP contribution in [0.2, 0.25) is 0 Å². The van der Waals surface area contributed by atoms with Crippen molar-refractivity contribution in [2.45, 2.75) is 0 Å². The van der Waals surface area contributed by atoms with Crippen molar-refractivity contribution in [1.82, 2.24) is 0 Å². The molecule has 13 aromatic rings. The van der Waals surface area contributed by atoms with Crippen molar-refractivity contribution in [3.63, 3.8) is 0 Å². The van der Waals surface area contributed by atoms with Gasteiger partial charge in [0, 0.05) is 55.7 Å². The van der Waals surface area contributed by atoms with Crippen LogP contribution in [0.25, 0.3) is 87.7 Å². The Balaban J connectivity index is 1.06. The zero-order chi connectivity index (χ0) is 43.6. The zero-order valence-corrected chi connectivity index (χ0v) is 35.8. The lowest BCUT2D eigenvalue weighted by atomic mass is 9.98. The van der Waals surface area contributed by atoms with Gasteiger partial charge in [-0.2, -0.15) is 0 Å². The third-order valence-corrected chi connectivity index (χ3v) is 13.0. The van der Waals surface area contributed by atoms with Crippen LogP contribution in [0, 0.1) is 0 Å². The van der Waals surface area contributed by atoms with Crippen LogP contribution in [0.1, 0.15) is 0 Å². The van der Waals surface area contributed by atoms with Gasteiger partial charge in [-0.25, -0.2) is 0 Å². The summed E-state index contributed by atoms with van der Waals surface area (Å²) in [6, 6.07) is 86.8. The molecule has 310 valence electrons. The van der Waals surface area contributed by atoms with Crippen LogP contribution < -0.4 is 9.80 Å². The SMILES string of the molecule is c1ccc(-c2ccc(N(c3ccccc3)c3cc(-c4ccccc4)cc(N(c4ccc5ccc6cc7oc8ccccc8c7cc6c5c4)c4ccc5oc6ccccc6c5c4)c3)cc2)cc1. The minimum absolute atomic E-state index is 0.855. The summed E-state index contributed by atoms with van der Waals surface area (Å²) in [7, 11) is 0. The molecule has 2 heterocycles. The van der Waals surface area contributed by atoms with E-state index in [-0.39, 0.29) is 0 Å². The molecule has 0 aliphatic carbocycles. The number of hydrogen-bond acceptors (Lipinski definition) is 4. The van der Waals surface area contributed by atoms with Crippen molar-refractivity contribution in [2.75, 3.05) is 9.80 Å². The van der Waals surface area contributed by atoms with Gasteiger partial charge in [0.2, 0.25) is 0 Å². The third-order valence-electron chi connectivity index (χ3n) is 13.0. The van der Waals surface area contributed by atoms with Crippen molar-refractivity contribution in [2.24, 2.45) is 0 Å². The number of furan rings is 2. The summed E-state index contributed by atoms with van der Waals surface area (Å²) in [4.78, 5) is 4.77. The van der Waals surface area contributed by atoms with Gasteiger partial charge in [-0.3, -0.25) is 0 Å². The van der Waals surface area contributed by atoms with E-state index in [9.17, 15) is 0 Å². The standard InChI is InChI=1S/C62H40N2O2/c1-4-14-41(15-5-1)43-26-29-48(30-27-43)63(47-18-8-3-9-19-47)51-34-46(42-16-6-2-7-17-42)35-52(37-51)64(50-32-33-61-57(39-50)53-20-10-12-22-59(53)65-61)49-31-28-44-24-25-45-36-62-58(40-56(45)55(44)38-49)54-21-11-13-23-60(54)66-62/h1-40H. The van der Waals surface area contributed by atoms with E-state index >= 15 is 0 Å². The van der Waals surface area contributed by atoms with E-state index in [2.05, 4.69) is 228 Å². The molecule has 0 aliphatic heterocycles. The van der Waals surface area contributed by atoms with Crippen molar-refractivity contribution in [3.8, 4) is 22.3 Å². The first-order chi connectivity index (χ1) is 32.7. The molecule has 0 atom stereocenters. The lowest BCUT2D eigenvalue weighted by Crippen LogP contribution is -2.13. The van der Waals surface area contributed by atoms with Gasteiger partial charge >= 0.3 is 0 Å². The van der Waals surface area contributed by atoms with E-state index in [1.165, 1.54) is 27.3 Å². The van der Waals surface area contributed by atoms with Crippen LogP contribution in [-0.2, 0) is 0 Å². The Kier molecular flexibility index (Phi) is 8.81. The van der Waals surface area contributed by atoms with Crippen LogP contribution in [0.4, 0.5) is 34.1 Å². The molecule has 0 unspecified atom stereocenters. The number of nitrogens with zero attached hydrogens (tertiary/aromatic N) is 2. The molecule has 0 bridgehead atoms. The van der Waals surface area contributed by atoms with Crippen molar-refractivity contribution >= 4 is 99.5 Å². The summed E-state index contributed by atoms with van der Waals surface area (Å²) < 4.78 is 12.8. The molecule has 0 N–H and O–H groups in total. The fraction of sp³-hybridized carbons (Fsp3) is 0. The monoisotopic (exact) mass is 844 g/mol. The second-order valence-electron chi connectivity index (χ2n) is 16.9.